The smallest absolute Gasteiger partial charge is 0.269 e. The number of nitro groups is 1. The molecular weight excluding hydrogens is 396 g/mol. The number of ketones is 1. The Balaban J connectivity index is 1.93. The van der Waals surface area contributed by atoms with Crippen molar-refractivity contribution in [2.45, 2.75) is 36.8 Å². The van der Waals surface area contributed by atoms with Crippen LogP contribution in [0.5, 0.6) is 0 Å². The molecule has 1 N–H and O–H groups in total. The van der Waals surface area contributed by atoms with Gasteiger partial charge in [0.05, 0.1) is 15.9 Å². The highest BCUT2D eigenvalue weighted by Gasteiger charge is 2.40. The van der Waals surface area contributed by atoms with Crippen molar-refractivity contribution >= 4 is 40.5 Å². The van der Waals surface area contributed by atoms with Gasteiger partial charge in [-0.2, -0.15) is 0 Å². The zero-order valence-corrected chi connectivity index (χ0v) is 17.1. The van der Waals surface area contributed by atoms with Crippen LogP contribution in [0.15, 0.2) is 58.6 Å². The first-order valence-electron chi connectivity index (χ1n) is 8.98. The molecule has 1 aliphatic heterocycles. The summed E-state index contributed by atoms with van der Waals surface area (Å²) in [4.78, 5) is 25.0. The number of Topliss-reactive ketones (excluding diaryl/α,β-unsaturated/α-hetero) is 1. The molecule has 0 saturated heterocycles. The number of carbonyl (C=O) groups is 1. The molecule has 0 bridgehead atoms. The molecule has 0 fully saturated rings. The molecule has 144 valence electrons. The first-order valence-corrected chi connectivity index (χ1v) is 10.2. The number of para-hydroxylation sites is 1. The number of nitrogens with one attached hydrogen (secondary N) is 1. The second kappa shape index (κ2) is 6.94. The summed E-state index contributed by atoms with van der Waals surface area (Å²) < 4.78 is 0. The standard InChI is InChI=1S/C21H19ClN2O3S/c1-21(2)10-16-19(17(25)11-21)20(28-18-6-4-3-5-15(18)23-16)13-9-12(24(26)27)7-8-14(13)22/h3-9,20,23H,10-11H2,1-2H3/t20-/m1/s1. The lowest BCUT2D eigenvalue weighted by atomic mass is 9.74. The third kappa shape index (κ3) is 3.42. The summed E-state index contributed by atoms with van der Waals surface area (Å²) in [5, 5.41) is 14.8. The summed E-state index contributed by atoms with van der Waals surface area (Å²) >= 11 is 7.97. The van der Waals surface area contributed by atoms with E-state index in [1.54, 1.807) is 0 Å². The molecule has 0 spiro atoms. The molecule has 2 aromatic carbocycles. The van der Waals surface area contributed by atoms with Gasteiger partial charge in [-0.25, -0.2) is 0 Å². The van der Waals surface area contributed by atoms with Gasteiger partial charge in [0.15, 0.2) is 5.78 Å². The number of benzene rings is 2. The number of hydrogen-bond acceptors (Lipinski definition) is 5. The number of anilines is 1. The lowest BCUT2D eigenvalue weighted by Crippen LogP contribution is -2.29. The molecule has 4 rings (SSSR count). The van der Waals surface area contributed by atoms with Crippen LogP contribution < -0.4 is 5.32 Å². The maximum atomic E-state index is 13.2. The van der Waals surface area contributed by atoms with Gasteiger partial charge in [-0.15, -0.1) is 11.8 Å². The van der Waals surface area contributed by atoms with Crippen LogP contribution in [0.3, 0.4) is 0 Å². The fourth-order valence-corrected chi connectivity index (χ4v) is 5.50. The van der Waals surface area contributed by atoms with E-state index in [2.05, 4.69) is 19.2 Å². The maximum Gasteiger partial charge on any atom is 0.269 e. The summed E-state index contributed by atoms with van der Waals surface area (Å²) in [6, 6.07) is 12.3. The van der Waals surface area contributed by atoms with Crippen LogP contribution in [0.25, 0.3) is 0 Å². The monoisotopic (exact) mass is 414 g/mol. The zero-order chi connectivity index (χ0) is 20.1. The van der Waals surface area contributed by atoms with Crippen LogP contribution in [0.2, 0.25) is 5.02 Å². The van der Waals surface area contributed by atoms with E-state index in [0.717, 1.165) is 22.7 Å². The third-order valence-corrected chi connectivity index (χ3v) is 6.75. The van der Waals surface area contributed by atoms with Crippen molar-refractivity contribution in [1.82, 2.24) is 0 Å². The Labute approximate surface area is 172 Å². The summed E-state index contributed by atoms with van der Waals surface area (Å²) in [7, 11) is 0. The third-order valence-electron chi connectivity index (χ3n) is 5.07. The highest BCUT2D eigenvalue weighted by molar-refractivity contribution is 8.00. The molecule has 2 aliphatic rings. The first kappa shape index (κ1) is 19.0. The molecule has 1 heterocycles. The van der Waals surface area contributed by atoms with Gasteiger partial charge < -0.3 is 5.32 Å². The average Bonchev–Trinajstić information content (AvgIpc) is 2.77. The largest absolute Gasteiger partial charge is 0.358 e. The van der Waals surface area contributed by atoms with Crippen LogP contribution in [0, 0.1) is 15.5 Å². The quantitative estimate of drug-likeness (QED) is 0.471. The summed E-state index contributed by atoms with van der Waals surface area (Å²) in [6.45, 7) is 4.16. The van der Waals surface area contributed by atoms with E-state index in [9.17, 15) is 14.9 Å². The fraction of sp³-hybridized carbons (Fsp3) is 0.286. The van der Waals surface area contributed by atoms with Gasteiger partial charge in [-0.05, 0) is 35.6 Å². The van der Waals surface area contributed by atoms with Crippen molar-refractivity contribution < 1.29 is 9.72 Å². The van der Waals surface area contributed by atoms with E-state index >= 15 is 0 Å². The Bertz CT molecular complexity index is 1030. The number of nitrogens with zero attached hydrogens (tertiary/aromatic N) is 1. The maximum absolute atomic E-state index is 13.2. The molecular formula is C21H19ClN2O3S. The Hall–Kier alpha value is -2.31. The number of allylic oxidation sites excluding steroid dienone is 1. The number of hydrogen-bond donors (Lipinski definition) is 1. The predicted octanol–water partition coefficient (Wildman–Crippen LogP) is 6.15. The van der Waals surface area contributed by atoms with Gasteiger partial charge in [0.25, 0.3) is 5.69 Å². The van der Waals surface area contributed by atoms with Crippen LogP contribution in [0.4, 0.5) is 11.4 Å². The van der Waals surface area contributed by atoms with Gasteiger partial charge in [-0.1, -0.05) is 37.6 Å². The summed E-state index contributed by atoms with van der Waals surface area (Å²) in [5.41, 5.74) is 2.91. The Morgan fingerprint density at radius 1 is 1.21 bits per heavy atom. The minimum Gasteiger partial charge on any atom is -0.358 e. The topological polar surface area (TPSA) is 72.2 Å². The predicted molar refractivity (Wildman–Crippen MR) is 112 cm³/mol. The molecule has 0 amide bonds. The van der Waals surface area contributed by atoms with Crippen LogP contribution >= 0.6 is 23.4 Å². The highest BCUT2D eigenvalue weighted by atomic mass is 35.5. The van der Waals surface area contributed by atoms with Crippen molar-refractivity contribution in [2.75, 3.05) is 5.32 Å². The van der Waals surface area contributed by atoms with E-state index in [4.69, 9.17) is 11.6 Å². The molecule has 0 unspecified atom stereocenters. The van der Waals surface area contributed by atoms with E-state index < -0.39 is 10.2 Å². The van der Waals surface area contributed by atoms with Gasteiger partial charge in [0, 0.05) is 39.7 Å². The fourth-order valence-electron chi connectivity index (χ4n) is 3.84. The van der Waals surface area contributed by atoms with E-state index in [1.165, 1.54) is 30.0 Å². The molecule has 1 aliphatic carbocycles. The minimum atomic E-state index is -0.436. The van der Waals surface area contributed by atoms with Gasteiger partial charge in [0.2, 0.25) is 0 Å². The van der Waals surface area contributed by atoms with E-state index in [-0.39, 0.29) is 16.9 Å². The van der Waals surface area contributed by atoms with Crippen LogP contribution in [-0.4, -0.2) is 10.7 Å². The van der Waals surface area contributed by atoms with Crippen molar-refractivity contribution in [3.05, 3.63) is 74.4 Å². The highest BCUT2D eigenvalue weighted by Crippen LogP contribution is 2.53. The van der Waals surface area contributed by atoms with Crippen LogP contribution in [0.1, 0.15) is 37.5 Å². The molecule has 0 aromatic heterocycles. The van der Waals surface area contributed by atoms with Gasteiger partial charge in [-0.3, -0.25) is 14.9 Å². The van der Waals surface area contributed by atoms with Crippen LogP contribution in [-0.2, 0) is 4.79 Å². The van der Waals surface area contributed by atoms with Gasteiger partial charge in [0.1, 0.15) is 0 Å². The number of halogens is 1. The van der Waals surface area contributed by atoms with E-state index in [1.807, 2.05) is 24.3 Å². The molecule has 0 saturated carbocycles. The van der Waals surface area contributed by atoms with Crippen molar-refractivity contribution in [3.63, 3.8) is 0 Å². The molecule has 7 heteroatoms. The number of non-ortho nitro benzene ring substituents is 1. The molecule has 1 atom stereocenters. The Morgan fingerprint density at radius 2 is 1.96 bits per heavy atom. The average molecular weight is 415 g/mol. The molecule has 2 aromatic rings. The molecule has 5 nitrogen and oxygen atoms in total. The summed E-state index contributed by atoms with van der Waals surface area (Å²) in [5.74, 6) is 0.0617. The number of fused-ring (bicyclic) bond motifs is 1. The van der Waals surface area contributed by atoms with Crippen molar-refractivity contribution in [3.8, 4) is 0 Å². The van der Waals surface area contributed by atoms with E-state index in [0.29, 0.717) is 22.6 Å². The Kier molecular flexibility index (Phi) is 4.71. The zero-order valence-electron chi connectivity index (χ0n) is 15.5. The lowest BCUT2D eigenvalue weighted by Gasteiger charge is -2.34. The van der Waals surface area contributed by atoms with Crippen molar-refractivity contribution in [1.29, 1.82) is 0 Å². The normalized spacial score (nSPS) is 20.7. The second-order valence-electron chi connectivity index (χ2n) is 7.92. The number of thioether (sulfide) groups is 1. The lowest BCUT2D eigenvalue weighted by molar-refractivity contribution is -0.384. The number of carbonyl (C=O) groups excluding carboxylic acids is 1. The molecule has 0 radical (unpaired) electrons. The van der Waals surface area contributed by atoms with Gasteiger partial charge >= 0.3 is 0 Å². The molecule has 28 heavy (non-hydrogen) atoms. The number of rotatable bonds is 2. The Morgan fingerprint density at radius 3 is 2.71 bits per heavy atom. The first-order chi connectivity index (χ1) is 13.2. The minimum absolute atomic E-state index is 0.0313. The summed E-state index contributed by atoms with van der Waals surface area (Å²) in [6.07, 6.45) is 1.17. The number of nitro benzene ring substituents is 1. The SMILES string of the molecule is CC1(C)CC(=O)C2=C(C1)Nc1ccccc1S[C@@H]2c1cc([N+](=O)[O-])ccc1Cl. The second-order valence-corrected chi connectivity index (χ2v) is 9.47. The van der Waals surface area contributed by atoms with Crippen molar-refractivity contribution in [2.24, 2.45) is 5.41 Å².